The normalized spacial score (nSPS) is 10.5. The smallest absolute Gasteiger partial charge is 0.286 e. The summed E-state index contributed by atoms with van der Waals surface area (Å²) in [6, 6.07) is 9.62. The van der Waals surface area contributed by atoms with Gasteiger partial charge in [0.15, 0.2) is 11.5 Å². The lowest BCUT2D eigenvalue weighted by molar-refractivity contribution is -0.385. The van der Waals surface area contributed by atoms with Crippen molar-refractivity contribution in [1.82, 2.24) is 9.97 Å². The molecular formula is C16H14N4O5. The summed E-state index contributed by atoms with van der Waals surface area (Å²) >= 11 is 0. The van der Waals surface area contributed by atoms with Crippen LogP contribution in [0.3, 0.4) is 0 Å². The number of carbonyl (C=O) groups is 1. The van der Waals surface area contributed by atoms with E-state index in [1.807, 2.05) is 12.1 Å². The summed E-state index contributed by atoms with van der Waals surface area (Å²) in [6.45, 7) is 0. The highest BCUT2D eigenvalue weighted by Crippen LogP contribution is 2.34. The lowest BCUT2D eigenvalue weighted by Crippen LogP contribution is -2.15. The monoisotopic (exact) mass is 342 g/mol. The fourth-order valence-corrected chi connectivity index (χ4v) is 2.39. The number of amides is 1. The zero-order chi connectivity index (χ0) is 18.0. The Morgan fingerprint density at radius 1 is 1.20 bits per heavy atom. The molecule has 0 aliphatic rings. The maximum absolute atomic E-state index is 12.5. The first-order chi connectivity index (χ1) is 12.0. The van der Waals surface area contributed by atoms with Crippen LogP contribution in [0.4, 0.5) is 11.6 Å². The van der Waals surface area contributed by atoms with Crippen molar-refractivity contribution in [3.8, 4) is 11.5 Å². The van der Waals surface area contributed by atoms with E-state index in [0.29, 0.717) is 5.52 Å². The molecule has 0 unspecified atom stereocenters. The van der Waals surface area contributed by atoms with Crippen LogP contribution in [0.5, 0.6) is 11.5 Å². The molecule has 0 saturated heterocycles. The molecule has 0 spiro atoms. The molecule has 1 heterocycles. The van der Waals surface area contributed by atoms with E-state index in [9.17, 15) is 14.9 Å². The zero-order valence-electron chi connectivity index (χ0n) is 13.4. The number of hydrogen-bond donors (Lipinski definition) is 2. The number of nitrogens with zero attached hydrogens (tertiary/aromatic N) is 2. The Balaban J connectivity index is 1.99. The summed E-state index contributed by atoms with van der Waals surface area (Å²) in [5.74, 6) is -0.126. The topological polar surface area (TPSA) is 119 Å². The lowest BCUT2D eigenvalue weighted by atomic mass is 10.1. The Morgan fingerprint density at radius 2 is 1.88 bits per heavy atom. The van der Waals surface area contributed by atoms with Crippen molar-refractivity contribution in [2.45, 2.75) is 0 Å². The highest BCUT2D eigenvalue weighted by Gasteiger charge is 2.25. The number of para-hydroxylation sites is 2. The standard InChI is InChI=1S/C16H14N4O5/c1-24-13-7-9(12(20(22)23)8-14(13)25-2)15(21)19-16-17-10-5-3-4-6-11(10)18-16/h3-8H,1-2H3,(H2,17,18,19,21). The number of hydrogen-bond acceptors (Lipinski definition) is 6. The lowest BCUT2D eigenvalue weighted by Gasteiger charge is -2.10. The number of aromatic amines is 1. The number of nitro groups is 1. The molecule has 2 aromatic carbocycles. The average Bonchev–Trinajstić information content (AvgIpc) is 3.02. The summed E-state index contributed by atoms with van der Waals surface area (Å²) in [7, 11) is 2.74. The van der Waals surface area contributed by atoms with E-state index >= 15 is 0 Å². The van der Waals surface area contributed by atoms with Crippen LogP contribution in [0.1, 0.15) is 10.4 Å². The number of benzene rings is 2. The molecule has 1 amide bonds. The molecule has 0 bridgehead atoms. The Kier molecular flexibility index (Phi) is 4.21. The molecule has 128 valence electrons. The molecule has 9 nitrogen and oxygen atoms in total. The van der Waals surface area contributed by atoms with Crippen LogP contribution in [-0.2, 0) is 0 Å². The molecule has 0 saturated carbocycles. The van der Waals surface area contributed by atoms with Gasteiger partial charge in [-0.05, 0) is 12.1 Å². The predicted molar refractivity (Wildman–Crippen MR) is 90.2 cm³/mol. The number of nitro benzene ring substituents is 1. The van der Waals surface area contributed by atoms with Gasteiger partial charge in [-0.3, -0.25) is 20.2 Å². The Hall–Kier alpha value is -3.62. The summed E-state index contributed by atoms with van der Waals surface area (Å²) < 4.78 is 10.1. The molecular weight excluding hydrogens is 328 g/mol. The van der Waals surface area contributed by atoms with E-state index in [1.54, 1.807) is 12.1 Å². The zero-order valence-corrected chi connectivity index (χ0v) is 13.4. The molecule has 3 aromatic rings. The van der Waals surface area contributed by atoms with Crippen molar-refractivity contribution in [1.29, 1.82) is 0 Å². The minimum Gasteiger partial charge on any atom is -0.493 e. The maximum atomic E-state index is 12.5. The van der Waals surface area contributed by atoms with Gasteiger partial charge in [-0.2, -0.15) is 0 Å². The number of anilines is 1. The summed E-state index contributed by atoms with van der Waals surface area (Å²) in [4.78, 5) is 30.3. The average molecular weight is 342 g/mol. The maximum Gasteiger partial charge on any atom is 0.286 e. The SMILES string of the molecule is COc1cc(C(=O)Nc2nc3ccccc3[nH]2)c([N+](=O)[O-])cc1OC. The summed E-state index contributed by atoms with van der Waals surface area (Å²) in [5, 5.41) is 13.8. The largest absolute Gasteiger partial charge is 0.493 e. The predicted octanol–water partition coefficient (Wildman–Crippen LogP) is 2.74. The summed E-state index contributed by atoms with van der Waals surface area (Å²) in [5.41, 5.74) is 0.841. The third kappa shape index (κ3) is 3.07. The van der Waals surface area contributed by atoms with E-state index < -0.39 is 16.5 Å². The van der Waals surface area contributed by atoms with Gasteiger partial charge in [-0.1, -0.05) is 12.1 Å². The highest BCUT2D eigenvalue weighted by molar-refractivity contribution is 6.07. The molecule has 0 aliphatic heterocycles. The fourth-order valence-electron chi connectivity index (χ4n) is 2.39. The van der Waals surface area contributed by atoms with E-state index in [1.165, 1.54) is 20.3 Å². The quantitative estimate of drug-likeness (QED) is 0.543. The molecule has 0 fully saturated rings. The van der Waals surface area contributed by atoms with Crippen molar-refractivity contribution < 1.29 is 19.2 Å². The number of rotatable bonds is 5. The Bertz CT molecular complexity index is 933. The summed E-state index contributed by atoms with van der Waals surface area (Å²) in [6.07, 6.45) is 0. The number of ether oxygens (including phenoxy) is 2. The second-order valence-corrected chi connectivity index (χ2v) is 5.04. The van der Waals surface area contributed by atoms with Crippen LogP contribution in [0.25, 0.3) is 11.0 Å². The van der Waals surface area contributed by atoms with E-state index in [0.717, 1.165) is 11.6 Å². The van der Waals surface area contributed by atoms with Crippen molar-refractivity contribution in [2.75, 3.05) is 19.5 Å². The minimum absolute atomic E-state index is 0.162. The fraction of sp³-hybridized carbons (Fsp3) is 0.125. The number of methoxy groups -OCH3 is 2. The van der Waals surface area contributed by atoms with Crippen LogP contribution in [0, 0.1) is 10.1 Å². The van der Waals surface area contributed by atoms with Crippen LogP contribution >= 0.6 is 0 Å². The van der Waals surface area contributed by atoms with Crippen LogP contribution in [-0.4, -0.2) is 35.0 Å². The van der Waals surface area contributed by atoms with E-state index in [-0.39, 0.29) is 23.0 Å². The Morgan fingerprint density at radius 3 is 2.52 bits per heavy atom. The number of imidazole rings is 1. The van der Waals surface area contributed by atoms with Gasteiger partial charge in [0.2, 0.25) is 5.95 Å². The molecule has 2 N–H and O–H groups in total. The van der Waals surface area contributed by atoms with Crippen molar-refractivity contribution in [2.24, 2.45) is 0 Å². The Labute approximate surface area is 141 Å². The van der Waals surface area contributed by atoms with Crippen molar-refractivity contribution in [3.05, 3.63) is 52.1 Å². The highest BCUT2D eigenvalue weighted by atomic mass is 16.6. The first-order valence-electron chi connectivity index (χ1n) is 7.20. The molecule has 0 aliphatic carbocycles. The first-order valence-corrected chi connectivity index (χ1v) is 7.20. The van der Waals surface area contributed by atoms with Gasteiger partial charge in [-0.25, -0.2) is 4.98 Å². The van der Waals surface area contributed by atoms with Crippen molar-refractivity contribution in [3.63, 3.8) is 0 Å². The number of nitrogens with one attached hydrogen (secondary N) is 2. The van der Waals surface area contributed by atoms with Gasteiger partial charge in [-0.15, -0.1) is 0 Å². The van der Waals surface area contributed by atoms with Crippen LogP contribution < -0.4 is 14.8 Å². The molecule has 0 radical (unpaired) electrons. The molecule has 0 atom stereocenters. The molecule has 1 aromatic heterocycles. The van der Waals surface area contributed by atoms with Gasteiger partial charge in [0.05, 0.1) is 36.2 Å². The van der Waals surface area contributed by atoms with E-state index in [2.05, 4.69) is 15.3 Å². The van der Waals surface area contributed by atoms with Gasteiger partial charge in [0.1, 0.15) is 5.56 Å². The van der Waals surface area contributed by atoms with Crippen LogP contribution in [0.2, 0.25) is 0 Å². The third-order valence-electron chi connectivity index (χ3n) is 3.56. The first kappa shape index (κ1) is 16.2. The van der Waals surface area contributed by atoms with Gasteiger partial charge < -0.3 is 14.5 Å². The number of fused-ring (bicyclic) bond motifs is 1. The van der Waals surface area contributed by atoms with Crippen molar-refractivity contribution >= 4 is 28.6 Å². The van der Waals surface area contributed by atoms with Gasteiger partial charge in [0, 0.05) is 6.07 Å². The molecule has 3 rings (SSSR count). The molecule has 25 heavy (non-hydrogen) atoms. The molecule has 9 heteroatoms. The van der Waals surface area contributed by atoms with Gasteiger partial charge >= 0.3 is 0 Å². The number of aromatic nitrogens is 2. The third-order valence-corrected chi connectivity index (χ3v) is 3.56. The number of H-pyrrole nitrogens is 1. The second-order valence-electron chi connectivity index (χ2n) is 5.04. The second kappa shape index (κ2) is 6.48. The van der Waals surface area contributed by atoms with E-state index in [4.69, 9.17) is 9.47 Å². The minimum atomic E-state index is -0.688. The van der Waals surface area contributed by atoms with Gasteiger partial charge in [0.25, 0.3) is 11.6 Å². The number of carbonyl (C=O) groups excluding carboxylic acids is 1. The van der Waals surface area contributed by atoms with Crippen LogP contribution in [0.15, 0.2) is 36.4 Å².